The minimum Gasteiger partial charge on any atom is -0.257 e. The molecule has 0 bridgehead atoms. The lowest BCUT2D eigenvalue weighted by Crippen LogP contribution is -1.78. The zero-order chi connectivity index (χ0) is 9.40. The standard InChI is InChI=1S/C11H15N/c1-5-7-8-10(3)11(4)12-9-6-2/h5-9H,2,4H2,1,3H3/b7-5-,10-8+,12-9-. The summed E-state index contributed by atoms with van der Waals surface area (Å²) in [6, 6.07) is 0. The highest BCUT2D eigenvalue weighted by Crippen LogP contribution is 2.07. The maximum atomic E-state index is 4.06. The Morgan fingerprint density at radius 2 is 2.08 bits per heavy atom. The molecule has 0 N–H and O–H groups in total. The molecule has 0 heterocycles. The van der Waals surface area contributed by atoms with Crippen molar-refractivity contribution in [1.82, 2.24) is 0 Å². The molecule has 0 aromatic carbocycles. The van der Waals surface area contributed by atoms with Crippen LogP contribution in [0.3, 0.4) is 0 Å². The Bertz CT molecular complexity index is 242. The van der Waals surface area contributed by atoms with Crippen molar-refractivity contribution in [2.24, 2.45) is 4.99 Å². The third-order valence-electron chi connectivity index (χ3n) is 1.33. The average molecular weight is 161 g/mol. The molecule has 1 heteroatoms. The second kappa shape index (κ2) is 6.35. The van der Waals surface area contributed by atoms with Gasteiger partial charge in [-0.25, -0.2) is 0 Å². The predicted molar refractivity (Wildman–Crippen MR) is 56.4 cm³/mol. The van der Waals surface area contributed by atoms with Gasteiger partial charge in [0, 0.05) is 6.21 Å². The van der Waals surface area contributed by atoms with Crippen LogP contribution < -0.4 is 0 Å². The van der Waals surface area contributed by atoms with Crippen LogP contribution in [0, 0.1) is 0 Å². The van der Waals surface area contributed by atoms with Gasteiger partial charge in [-0.3, -0.25) is 4.99 Å². The Balaban J connectivity index is 4.28. The van der Waals surface area contributed by atoms with Gasteiger partial charge in [0.05, 0.1) is 5.70 Å². The number of aliphatic imine (C=N–C) groups is 1. The molecule has 0 aliphatic carbocycles. The zero-order valence-electron chi connectivity index (χ0n) is 7.75. The third-order valence-corrected chi connectivity index (χ3v) is 1.33. The van der Waals surface area contributed by atoms with Gasteiger partial charge in [-0.1, -0.05) is 37.5 Å². The Labute approximate surface area is 74.5 Å². The van der Waals surface area contributed by atoms with E-state index in [2.05, 4.69) is 18.2 Å². The topological polar surface area (TPSA) is 12.4 Å². The first-order chi connectivity index (χ1) is 5.72. The molecule has 0 fully saturated rings. The minimum atomic E-state index is 0.771. The van der Waals surface area contributed by atoms with Gasteiger partial charge >= 0.3 is 0 Å². The molecular weight excluding hydrogens is 146 g/mol. The van der Waals surface area contributed by atoms with Crippen LogP contribution in [0.1, 0.15) is 13.8 Å². The fourth-order valence-electron chi connectivity index (χ4n) is 0.581. The predicted octanol–water partition coefficient (Wildman–Crippen LogP) is 3.28. The van der Waals surface area contributed by atoms with Gasteiger partial charge in [-0.05, 0) is 19.4 Å². The number of nitrogens with zero attached hydrogens (tertiary/aromatic N) is 1. The first kappa shape index (κ1) is 10.6. The van der Waals surface area contributed by atoms with Gasteiger partial charge in [-0.15, -0.1) is 0 Å². The molecular formula is C11H15N. The van der Waals surface area contributed by atoms with E-state index in [4.69, 9.17) is 0 Å². The van der Waals surface area contributed by atoms with Crippen LogP contribution in [-0.2, 0) is 0 Å². The second-order valence-corrected chi connectivity index (χ2v) is 2.34. The van der Waals surface area contributed by atoms with Gasteiger partial charge in [-0.2, -0.15) is 0 Å². The quantitative estimate of drug-likeness (QED) is 0.443. The zero-order valence-corrected chi connectivity index (χ0v) is 7.75. The summed E-state index contributed by atoms with van der Waals surface area (Å²) in [5.74, 6) is 0. The fourth-order valence-corrected chi connectivity index (χ4v) is 0.581. The van der Waals surface area contributed by atoms with E-state index in [1.54, 1.807) is 12.3 Å². The summed E-state index contributed by atoms with van der Waals surface area (Å²) in [7, 11) is 0. The minimum absolute atomic E-state index is 0.771. The third kappa shape index (κ3) is 4.45. The molecule has 0 amide bonds. The molecule has 64 valence electrons. The molecule has 0 radical (unpaired) electrons. The molecule has 0 saturated carbocycles. The lowest BCUT2D eigenvalue weighted by atomic mass is 10.2. The summed E-state index contributed by atoms with van der Waals surface area (Å²) in [4.78, 5) is 4.06. The van der Waals surface area contributed by atoms with E-state index in [1.165, 1.54) is 0 Å². The van der Waals surface area contributed by atoms with E-state index >= 15 is 0 Å². The van der Waals surface area contributed by atoms with Crippen molar-refractivity contribution >= 4 is 6.21 Å². The SMILES string of the molecule is C=C/C=N\C(=C)/C(C)=C/C=C\C. The summed E-state index contributed by atoms with van der Waals surface area (Å²) in [5.41, 5.74) is 1.83. The molecule has 0 aromatic heterocycles. The molecule has 0 aliphatic rings. The van der Waals surface area contributed by atoms with Crippen molar-refractivity contribution in [3.8, 4) is 0 Å². The Kier molecular flexibility index (Phi) is 5.62. The molecule has 0 saturated heterocycles. The van der Waals surface area contributed by atoms with Gasteiger partial charge < -0.3 is 0 Å². The largest absolute Gasteiger partial charge is 0.257 e. The highest BCUT2D eigenvalue weighted by atomic mass is 14.7. The van der Waals surface area contributed by atoms with E-state index in [9.17, 15) is 0 Å². The first-order valence-electron chi connectivity index (χ1n) is 3.86. The van der Waals surface area contributed by atoms with Gasteiger partial charge in [0.25, 0.3) is 0 Å². The summed E-state index contributed by atoms with van der Waals surface area (Å²) in [6.07, 6.45) is 9.17. The van der Waals surface area contributed by atoms with Crippen molar-refractivity contribution in [1.29, 1.82) is 0 Å². The van der Waals surface area contributed by atoms with Crippen LogP contribution >= 0.6 is 0 Å². The molecule has 0 aliphatic heterocycles. The number of allylic oxidation sites excluding steroid dienone is 5. The maximum absolute atomic E-state index is 4.06. The van der Waals surface area contributed by atoms with Crippen LogP contribution in [0.2, 0.25) is 0 Å². The van der Waals surface area contributed by atoms with Crippen LogP contribution in [0.15, 0.2) is 53.7 Å². The maximum Gasteiger partial charge on any atom is 0.0587 e. The van der Waals surface area contributed by atoms with E-state index in [1.807, 2.05) is 32.1 Å². The van der Waals surface area contributed by atoms with Crippen LogP contribution in [0.4, 0.5) is 0 Å². The summed E-state index contributed by atoms with van der Waals surface area (Å²) >= 11 is 0. The molecule has 1 nitrogen and oxygen atoms in total. The lowest BCUT2D eigenvalue weighted by molar-refractivity contribution is 1.31. The molecule has 0 unspecified atom stereocenters. The highest BCUT2D eigenvalue weighted by molar-refractivity contribution is 5.71. The van der Waals surface area contributed by atoms with Crippen molar-refractivity contribution in [2.75, 3.05) is 0 Å². The highest BCUT2D eigenvalue weighted by Gasteiger charge is 1.89. The second-order valence-electron chi connectivity index (χ2n) is 2.34. The van der Waals surface area contributed by atoms with E-state index in [0.717, 1.165) is 11.3 Å². The Morgan fingerprint density at radius 1 is 1.42 bits per heavy atom. The van der Waals surface area contributed by atoms with Gasteiger partial charge in [0.15, 0.2) is 0 Å². The number of rotatable bonds is 4. The monoisotopic (exact) mass is 161 g/mol. The van der Waals surface area contributed by atoms with Crippen LogP contribution in [-0.4, -0.2) is 6.21 Å². The summed E-state index contributed by atoms with van der Waals surface area (Å²) < 4.78 is 0. The van der Waals surface area contributed by atoms with Gasteiger partial charge in [0.2, 0.25) is 0 Å². The van der Waals surface area contributed by atoms with E-state index < -0.39 is 0 Å². The molecule has 0 aromatic rings. The van der Waals surface area contributed by atoms with Crippen molar-refractivity contribution in [3.63, 3.8) is 0 Å². The number of hydrogen-bond acceptors (Lipinski definition) is 1. The summed E-state index contributed by atoms with van der Waals surface area (Å²) in [5, 5.41) is 0. The first-order valence-corrected chi connectivity index (χ1v) is 3.86. The fraction of sp³-hybridized carbons (Fsp3) is 0.182. The average Bonchev–Trinajstić information content (AvgIpc) is 2.10. The molecule has 0 rings (SSSR count). The normalized spacial score (nSPS) is 12.7. The van der Waals surface area contributed by atoms with Crippen molar-refractivity contribution < 1.29 is 0 Å². The Hall–Kier alpha value is -1.37. The molecule has 0 spiro atoms. The number of hydrogen-bond donors (Lipinski definition) is 0. The van der Waals surface area contributed by atoms with Crippen molar-refractivity contribution in [2.45, 2.75) is 13.8 Å². The summed E-state index contributed by atoms with van der Waals surface area (Å²) in [6.45, 7) is 11.3. The van der Waals surface area contributed by atoms with Crippen LogP contribution in [0.25, 0.3) is 0 Å². The smallest absolute Gasteiger partial charge is 0.0587 e. The van der Waals surface area contributed by atoms with Crippen LogP contribution in [0.5, 0.6) is 0 Å². The Morgan fingerprint density at radius 3 is 2.58 bits per heavy atom. The molecule has 12 heavy (non-hydrogen) atoms. The van der Waals surface area contributed by atoms with E-state index in [0.29, 0.717) is 0 Å². The molecule has 0 atom stereocenters. The van der Waals surface area contributed by atoms with Crippen molar-refractivity contribution in [3.05, 3.63) is 48.7 Å². The van der Waals surface area contributed by atoms with E-state index in [-0.39, 0.29) is 0 Å². The lowest BCUT2D eigenvalue weighted by Gasteiger charge is -1.95. The van der Waals surface area contributed by atoms with Gasteiger partial charge in [0.1, 0.15) is 0 Å².